The number of pyridine rings is 1. The molecule has 108 valence electrons. The highest BCUT2D eigenvalue weighted by Crippen LogP contribution is 2.21. The maximum absolute atomic E-state index is 13.3. The van der Waals surface area contributed by atoms with E-state index in [1.54, 1.807) is 6.08 Å². The summed E-state index contributed by atoms with van der Waals surface area (Å²) < 4.78 is 13.3. The summed E-state index contributed by atoms with van der Waals surface area (Å²) in [6.45, 7) is 0. The average Bonchev–Trinajstić information content (AvgIpc) is 2.52. The third-order valence-corrected chi connectivity index (χ3v) is 3.27. The highest BCUT2D eigenvalue weighted by atomic mass is 19.1. The Morgan fingerprint density at radius 2 is 1.82 bits per heavy atom. The van der Waals surface area contributed by atoms with Crippen molar-refractivity contribution in [1.82, 2.24) is 4.98 Å². The van der Waals surface area contributed by atoms with Crippen LogP contribution in [0.2, 0.25) is 0 Å². The first kappa shape index (κ1) is 13.9. The number of carbonyl (C=O) groups is 1. The molecule has 22 heavy (non-hydrogen) atoms. The molecule has 0 aliphatic rings. The molecule has 0 atom stereocenters. The minimum absolute atomic E-state index is 0.109. The first-order valence-electron chi connectivity index (χ1n) is 6.70. The van der Waals surface area contributed by atoms with Crippen molar-refractivity contribution in [3.63, 3.8) is 0 Å². The van der Waals surface area contributed by atoms with Gasteiger partial charge in [-0.25, -0.2) is 14.2 Å². The Hall–Kier alpha value is -3.01. The van der Waals surface area contributed by atoms with Crippen molar-refractivity contribution in [2.75, 3.05) is 0 Å². The van der Waals surface area contributed by atoms with Crippen LogP contribution in [-0.4, -0.2) is 16.1 Å². The summed E-state index contributed by atoms with van der Waals surface area (Å²) in [5, 5.41) is 9.74. The van der Waals surface area contributed by atoms with Crippen molar-refractivity contribution in [3.8, 4) is 0 Å². The standard InChI is InChI=1S/C18H12FNO2/c19-13-7-9-15-16(18(21)22)11-14(20-17(15)10-13)8-6-12-4-2-1-3-5-12/h1-11H,(H,21,22)/b8-6+. The van der Waals surface area contributed by atoms with Gasteiger partial charge in [0.05, 0.1) is 16.8 Å². The summed E-state index contributed by atoms with van der Waals surface area (Å²) in [6, 6.07) is 15.0. The number of aromatic carboxylic acids is 1. The number of carboxylic acids is 1. The molecule has 2 aromatic carbocycles. The monoisotopic (exact) mass is 293 g/mol. The van der Waals surface area contributed by atoms with E-state index in [1.165, 1.54) is 24.3 Å². The largest absolute Gasteiger partial charge is 0.478 e. The van der Waals surface area contributed by atoms with Crippen molar-refractivity contribution in [1.29, 1.82) is 0 Å². The highest BCUT2D eigenvalue weighted by molar-refractivity contribution is 6.03. The first-order valence-corrected chi connectivity index (χ1v) is 6.70. The van der Waals surface area contributed by atoms with Crippen molar-refractivity contribution in [2.24, 2.45) is 0 Å². The van der Waals surface area contributed by atoms with Gasteiger partial charge in [-0.05, 0) is 29.8 Å². The Balaban J connectivity index is 2.10. The van der Waals surface area contributed by atoms with Crippen LogP contribution in [0.15, 0.2) is 54.6 Å². The maximum Gasteiger partial charge on any atom is 0.336 e. The lowest BCUT2D eigenvalue weighted by molar-refractivity contribution is 0.0699. The number of fused-ring (bicyclic) bond motifs is 1. The topological polar surface area (TPSA) is 50.2 Å². The van der Waals surface area contributed by atoms with Crippen LogP contribution in [-0.2, 0) is 0 Å². The molecule has 3 aromatic rings. The number of hydrogen-bond acceptors (Lipinski definition) is 2. The van der Waals surface area contributed by atoms with Gasteiger partial charge in [-0.1, -0.05) is 36.4 Å². The molecule has 0 radical (unpaired) electrons. The van der Waals surface area contributed by atoms with Gasteiger partial charge < -0.3 is 5.11 Å². The van der Waals surface area contributed by atoms with Gasteiger partial charge in [0.15, 0.2) is 0 Å². The lowest BCUT2D eigenvalue weighted by Gasteiger charge is -2.04. The molecule has 3 nitrogen and oxygen atoms in total. The zero-order chi connectivity index (χ0) is 15.5. The summed E-state index contributed by atoms with van der Waals surface area (Å²) in [5.74, 6) is -1.51. The van der Waals surface area contributed by atoms with Crippen LogP contribution in [0.5, 0.6) is 0 Å². The van der Waals surface area contributed by atoms with Gasteiger partial charge in [0.25, 0.3) is 0 Å². The molecule has 0 amide bonds. The van der Waals surface area contributed by atoms with Crippen molar-refractivity contribution in [3.05, 3.63) is 77.2 Å². The summed E-state index contributed by atoms with van der Waals surface area (Å²) >= 11 is 0. The van der Waals surface area contributed by atoms with Crippen LogP contribution in [0.3, 0.4) is 0 Å². The van der Waals surface area contributed by atoms with E-state index in [-0.39, 0.29) is 5.56 Å². The van der Waals surface area contributed by atoms with Crippen LogP contribution in [0, 0.1) is 5.82 Å². The zero-order valence-electron chi connectivity index (χ0n) is 11.5. The predicted octanol–water partition coefficient (Wildman–Crippen LogP) is 4.24. The fourth-order valence-electron chi connectivity index (χ4n) is 2.23. The minimum Gasteiger partial charge on any atom is -0.478 e. The predicted molar refractivity (Wildman–Crippen MR) is 84.0 cm³/mol. The molecule has 1 aromatic heterocycles. The molecule has 0 spiro atoms. The van der Waals surface area contributed by atoms with E-state index in [0.717, 1.165) is 5.56 Å². The highest BCUT2D eigenvalue weighted by Gasteiger charge is 2.11. The molecule has 1 N–H and O–H groups in total. The van der Waals surface area contributed by atoms with Gasteiger partial charge >= 0.3 is 5.97 Å². The quantitative estimate of drug-likeness (QED) is 0.785. The van der Waals surface area contributed by atoms with Gasteiger partial charge in [0.1, 0.15) is 5.82 Å². The average molecular weight is 293 g/mol. The van der Waals surface area contributed by atoms with Crippen LogP contribution in [0.25, 0.3) is 23.1 Å². The van der Waals surface area contributed by atoms with Gasteiger partial charge in [-0.15, -0.1) is 0 Å². The SMILES string of the molecule is O=C(O)c1cc(/C=C/c2ccccc2)nc2cc(F)ccc12. The number of hydrogen-bond donors (Lipinski definition) is 1. The van der Waals surface area contributed by atoms with Crippen LogP contribution in [0.1, 0.15) is 21.6 Å². The summed E-state index contributed by atoms with van der Waals surface area (Å²) in [4.78, 5) is 15.7. The third-order valence-electron chi connectivity index (χ3n) is 3.27. The molecular formula is C18H12FNO2. The van der Waals surface area contributed by atoms with Crippen molar-refractivity contribution in [2.45, 2.75) is 0 Å². The van der Waals surface area contributed by atoms with Crippen LogP contribution >= 0.6 is 0 Å². The van der Waals surface area contributed by atoms with E-state index < -0.39 is 11.8 Å². The molecule has 0 fully saturated rings. The molecule has 0 saturated heterocycles. The fraction of sp³-hybridized carbons (Fsp3) is 0. The Bertz CT molecular complexity index is 873. The third kappa shape index (κ3) is 2.86. The van der Waals surface area contributed by atoms with E-state index in [9.17, 15) is 14.3 Å². The number of aromatic nitrogens is 1. The molecule has 0 aliphatic carbocycles. The van der Waals surface area contributed by atoms with Gasteiger partial charge in [-0.3, -0.25) is 0 Å². The second-order valence-corrected chi connectivity index (χ2v) is 4.81. The van der Waals surface area contributed by atoms with Gasteiger partial charge in [-0.2, -0.15) is 0 Å². The molecule has 0 bridgehead atoms. The molecular weight excluding hydrogens is 281 g/mol. The Kier molecular flexibility index (Phi) is 3.66. The van der Waals surface area contributed by atoms with Crippen LogP contribution < -0.4 is 0 Å². The number of benzene rings is 2. The Labute approximate surface area is 126 Å². The lowest BCUT2D eigenvalue weighted by atomic mass is 10.1. The first-order chi connectivity index (χ1) is 10.6. The second kappa shape index (κ2) is 5.77. The Morgan fingerprint density at radius 3 is 2.55 bits per heavy atom. The second-order valence-electron chi connectivity index (χ2n) is 4.81. The number of carboxylic acid groups (broad SMARTS) is 1. The normalized spacial score (nSPS) is 11.1. The summed E-state index contributed by atoms with van der Waals surface area (Å²) in [5.41, 5.74) is 1.88. The van der Waals surface area contributed by atoms with Crippen molar-refractivity contribution >= 4 is 29.0 Å². The van der Waals surface area contributed by atoms with Crippen LogP contribution in [0.4, 0.5) is 4.39 Å². The number of halogens is 1. The maximum atomic E-state index is 13.3. The van der Waals surface area contributed by atoms with E-state index in [1.807, 2.05) is 36.4 Å². The van der Waals surface area contributed by atoms with Gasteiger partial charge in [0, 0.05) is 11.5 Å². The zero-order valence-corrected chi connectivity index (χ0v) is 11.5. The number of rotatable bonds is 3. The van der Waals surface area contributed by atoms with E-state index in [4.69, 9.17) is 0 Å². The van der Waals surface area contributed by atoms with E-state index >= 15 is 0 Å². The number of nitrogens with zero attached hydrogens (tertiary/aromatic N) is 1. The molecule has 4 heteroatoms. The Morgan fingerprint density at radius 1 is 1.05 bits per heavy atom. The summed E-state index contributed by atoms with van der Waals surface area (Å²) in [6.07, 6.45) is 3.55. The van der Waals surface area contributed by atoms with E-state index in [2.05, 4.69) is 4.98 Å². The van der Waals surface area contributed by atoms with Crippen molar-refractivity contribution < 1.29 is 14.3 Å². The molecule has 3 rings (SSSR count). The minimum atomic E-state index is -1.06. The summed E-state index contributed by atoms with van der Waals surface area (Å²) in [7, 11) is 0. The molecule has 0 unspecified atom stereocenters. The lowest BCUT2D eigenvalue weighted by Crippen LogP contribution is -2.00. The fourth-order valence-corrected chi connectivity index (χ4v) is 2.23. The van der Waals surface area contributed by atoms with Gasteiger partial charge in [0.2, 0.25) is 0 Å². The van der Waals surface area contributed by atoms with E-state index in [0.29, 0.717) is 16.6 Å². The molecule has 0 saturated carbocycles. The molecule has 1 heterocycles. The smallest absolute Gasteiger partial charge is 0.336 e. The molecule has 0 aliphatic heterocycles.